The Kier molecular flexibility index (Phi) is 5.34. The van der Waals surface area contributed by atoms with Gasteiger partial charge in [-0.2, -0.15) is 0 Å². The first-order valence-corrected chi connectivity index (χ1v) is 9.26. The number of ether oxygens (including phenoxy) is 1. The summed E-state index contributed by atoms with van der Waals surface area (Å²) >= 11 is 12.8. The lowest BCUT2D eigenvalue weighted by molar-refractivity contribution is -0.00962. The highest BCUT2D eigenvalue weighted by Crippen LogP contribution is 2.43. The first-order chi connectivity index (χ1) is 10.6. The second kappa shape index (κ2) is 7.09. The highest BCUT2D eigenvalue weighted by molar-refractivity contribution is 6.42. The molecule has 2 fully saturated rings. The molecule has 1 N–H and O–H groups in total. The van der Waals surface area contributed by atoms with Gasteiger partial charge in [-0.3, -0.25) is 0 Å². The summed E-state index contributed by atoms with van der Waals surface area (Å²) in [7, 11) is 0. The van der Waals surface area contributed by atoms with E-state index in [2.05, 4.69) is 18.3 Å². The molecule has 2 heterocycles. The molecule has 2 nitrogen and oxygen atoms in total. The van der Waals surface area contributed by atoms with Gasteiger partial charge in [-0.25, -0.2) is 0 Å². The number of morpholine rings is 1. The molecule has 2 aliphatic heterocycles. The van der Waals surface area contributed by atoms with Crippen LogP contribution in [0.3, 0.4) is 0 Å². The van der Waals surface area contributed by atoms with E-state index >= 15 is 0 Å². The third-order valence-electron chi connectivity index (χ3n) is 4.99. The van der Waals surface area contributed by atoms with Crippen LogP contribution in [0.4, 0.5) is 0 Å². The maximum atomic E-state index is 6.42. The van der Waals surface area contributed by atoms with Gasteiger partial charge in [0.2, 0.25) is 0 Å². The van der Waals surface area contributed by atoms with E-state index in [1.165, 1.54) is 43.2 Å². The van der Waals surface area contributed by atoms with E-state index in [9.17, 15) is 0 Å². The first kappa shape index (κ1) is 16.6. The molecule has 122 valence electrons. The maximum absolute atomic E-state index is 6.42. The summed E-state index contributed by atoms with van der Waals surface area (Å²) in [6, 6.07) is 4.72. The zero-order valence-electron chi connectivity index (χ0n) is 13.3. The molecule has 0 radical (unpaired) electrons. The van der Waals surface area contributed by atoms with E-state index in [-0.39, 0.29) is 5.60 Å². The molecule has 3 rings (SSSR count). The van der Waals surface area contributed by atoms with E-state index in [1.807, 2.05) is 6.07 Å². The number of hydrogen-bond donors (Lipinski definition) is 1. The van der Waals surface area contributed by atoms with Gasteiger partial charge in [0.1, 0.15) is 5.60 Å². The highest BCUT2D eigenvalue weighted by Gasteiger charge is 2.47. The van der Waals surface area contributed by atoms with E-state index < -0.39 is 0 Å². The normalized spacial score (nSPS) is 26.8. The van der Waals surface area contributed by atoms with Gasteiger partial charge in [-0.05, 0) is 36.5 Å². The molecular weight excluding hydrogens is 317 g/mol. The van der Waals surface area contributed by atoms with Crippen LogP contribution in [-0.4, -0.2) is 19.2 Å². The summed E-state index contributed by atoms with van der Waals surface area (Å²) < 4.78 is 6.07. The number of halogens is 2. The Hall–Kier alpha value is -0.280. The van der Waals surface area contributed by atoms with Crippen molar-refractivity contribution in [2.24, 2.45) is 0 Å². The van der Waals surface area contributed by atoms with Crippen LogP contribution in [0.25, 0.3) is 0 Å². The van der Waals surface area contributed by atoms with Crippen LogP contribution in [0.1, 0.15) is 56.6 Å². The van der Waals surface area contributed by atoms with Gasteiger partial charge in [-0.1, -0.05) is 61.9 Å². The fourth-order valence-corrected chi connectivity index (χ4v) is 4.10. The molecule has 0 spiro atoms. The average Bonchev–Trinajstić information content (AvgIpc) is 3.13. The van der Waals surface area contributed by atoms with Gasteiger partial charge in [0.15, 0.2) is 0 Å². The largest absolute Gasteiger partial charge is 0.367 e. The zero-order valence-corrected chi connectivity index (χ0v) is 14.8. The minimum atomic E-state index is -0.185. The summed E-state index contributed by atoms with van der Waals surface area (Å²) in [6.07, 6.45) is 8.38. The second-order valence-electron chi connectivity index (χ2n) is 6.68. The van der Waals surface area contributed by atoms with Gasteiger partial charge in [0.25, 0.3) is 0 Å². The van der Waals surface area contributed by atoms with Crippen LogP contribution in [-0.2, 0) is 16.8 Å². The van der Waals surface area contributed by atoms with Crippen molar-refractivity contribution in [2.75, 3.05) is 13.2 Å². The summed E-state index contributed by atoms with van der Waals surface area (Å²) in [5.41, 5.74) is 2.18. The van der Waals surface area contributed by atoms with Crippen molar-refractivity contribution in [3.63, 3.8) is 0 Å². The minimum Gasteiger partial charge on any atom is -0.367 e. The molecule has 0 aromatic heterocycles. The average molecular weight is 342 g/mol. The Labute approximate surface area is 143 Å². The monoisotopic (exact) mass is 341 g/mol. The van der Waals surface area contributed by atoms with Gasteiger partial charge in [0.05, 0.1) is 16.7 Å². The molecule has 22 heavy (non-hydrogen) atoms. The van der Waals surface area contributed by atoms with Crippen molar-refractivity contribution >= 4 is 23.2 Å². The SMILES string of the molecule is CCCCCCCc1cc(C23CNC(CO2)C3)cc(Cl)c1Cl. The van der Waals surface area contributed by atoms with E-state index in [4.69, 9.17) is 27.9 Å². The molecule has 0 amide bonds. The lowest BCUT2D eigenvalue weighted by Crippen LogP contribution is -2.37. The Morgan fingerprint density at radius 1 is 1.23 bits per heavy atom. The summed E-state index contributed by atoms with van der Waals surface area (Å²) in [5, 5.41) is 4.90. The molecule has 2 bridgehead atoms. The van der Waals surface area contributed by atoms with Gasteiger partial charge in [0, 0.05) is 12.6 Å². The number of benzene rings is 1. The Morgan fingerprint density at radius 2 is 2.05 bits per heavy atom. The lowest BCUT2D eigenvalue weighted by Gasteiger charge is -2.28. The second-order valence-corrected chi connectivity index (χ2v) is 7.47. The quantitative estimate of drug-likeness (QED) is 0.697. The Bertz CT molecular complexity index is 524. The van der Waals surface area contributed by atoms with Crippen molar-refractivity contribution in [1.29, 1.82) is 0 Å². The van der Waals surface area contributed by atoms with Crippen LogP contribution in [0.2, 0.25) is 10.0 Å². The molecular formula is C18H25Cl2NO. The predicted octanol–water partition coefficient (Wildman–Crippen LogP) is 5.09. The van der Waals surface area contributed by atoms with Gasteiger partial charge in [-0.15, -0.1) is 0 Å². The summed E-state index contributed by atoms with van der Waals surface area (Å²) in [6.45, 7) is 3.92. The zero-order chi connectivity index (χ0) is 15.6. The molecule has 2 saturated heterocycles. The van der Waals surface area contributed by atoms with Crippen molar-refractivity contribution in [2.45, 2.75) is 63.5 Å². The van der Waals surface area contributed by atoms with Crippen molar-refractivity contribution < 1.29 is 4.74 Å². The number of nitrogens with one attached hydrogen (secondary N) is 1. The minimum absolute atomic E-state index is 0.185. The highest BCUT2D eigenvalue weighted by atomic mass is 35.5. The van der Waals surface area contributed by atoms with Crippen molar-refractivity contribution in [3.05, 3.63) is 33.3 Å². The predicted molar refractivity (Wildman–Crippen MR) is 93.0 cm³/mol. The van der Waals surface area contributed by atoms with E-state index in [0.717, 1.165) is 31.0 Å². The number of hydrogen-bond acceptors (Lipinski definition) is 2. The molecule has 1 aromatic rings. The smallest absolute Gasteiger partial charge is 0.107 e. The van der Waals surface area contributed by atoms with E-state index in [0.29, 0.717) is 11.1 Å². The first-order valence-electron chi connectivity index (χ1n) is 8.50. The van der Waals surface area contributed by atoms with Crippen LogP contribution in [0.5, 0.6) is 0 Å². The maximum Gasteiger partial charge on any atom is 0.107 e. The molecule has 0 saturated carbocycles. The summed E-state index contributed by atoms with van der Waals surface area (Å²) in [4.78, 5) is 0. The molecule has 2 unspecified atom stereocenters. The third-order valence-corrected chi connectivity index (χ3v) is 5.83. The van der Waals surface area contributed by atoms with Crippen LogP contribution >= 0.6 is 23.2 Å². The molecule has 2 atom stereocenters. The number of rotatable bonds is 7. The van der Waals surface area contributed by atoms with Crippen molar-refractivity contribution in [1.82, 2.24) is 5.32 Å². The standard InChI is InChI=1S/C18H25Cl2NO/c1-2-3-4-5-6-7-13-8-14(9-16(19)17(13)20)18-10-15(11-22-18)21-12-18/h8-9,15,21H,2-7,10-12H2,1H3. The molecule has 1 aromatic carbocycles. The molecule has 0 aliphatic carbocycles. The van der Waals surface area contributed by atoms with Crippen LogP contribution in [0.15, 0.2) is 12.1 Å². The van der Waals surface area contributed by atoms with Gasteiger partial charge >= 0.3 is 0 Å². The fraction of sp³-hybridized carbons (Fsp3) is 0.667. The number of unbranched alkanes of at least 4 members (excludes halogenated alkanes) is 4. The lowest BCUT2D eigenvalue weighted by atomic mass is 9.90. The van der Waals surface area contributed by atoms with Crippen LogP contribution < -0.4 is 5.32 Å². The Balaban J connectivity index is 1.73. The van der Waals surface area contributed by atoms with Crippen LogP contribution in [0, 0.1) is 0 Å². The third kappa shape index (κ3) is 3.31. The Morgan fingerprint density at radius 3 is 2.68 bits per heavy atom. The summed E-state index contributed by atoms with van der Waals surface area (Å²) in [5.74, 6) is 0. The fourth-order valence-electron chi connectivity index (χ4n) is 3.65. The topological polar surface area (TPSA) is 21.3 Å². The van der Waals surface area contributed by atoms with Gasteiger partial charge < -0.3 is 10.1 Å². The van der Waals surface area contributed by atoms with E-state index in [1.54, 1.807) is 0 Å². The molecule has 2 aliphatic rings. The number of fused-ring (bicyclic) bond motifs is 2. The number of aryl methyl sites for hydroxylation is 1. The molecule has 4 heteroatoms. The van der Waals surface area contributed by atoms with Crippen molar-refractivity contribution in [3.8, 4) is 0 Å².